The van der Waals surface area contributed by atoms with Gasteiger partial charge < -0.3 is 4.57 Å². The van der Waals surface area contributed by atoms with Gasteiger partial charge in [0.2, 0.25) is 0 Å². The molecule has 0 fully saturated rings. The molecule has 0 aliphatic heterocycles. The molecule has 0 N–H and O–H groups in total. The fraction of sp³-hybridized carbons (Fsp3) is 0. The van der Waals surface area contributed by atoms with Gasteiger partial charge in [-0.3, -0.25) is 0 Å². The predicted molar refractivity (Wildman–Crippen MR) is 182 cm³/mol. The molecule has 42 heavy (non-hydrogen) atoms. The van der Waals surface area contributed by atoms with Gasteiger partial charge in [0.15, 0.2) is 0 Å². The highest BCUT2D eigenvalue weighted by Crippen LogP contribution is 2.44. The van der Waals surface area contributed by atoms with Gasteiger partial charge in [-0.2, -0.15) is 0 Å². The third-order valence-electron chi connectivity index (χ3n) is 8.53. The number of hydrogen-bond acceptors (Lipinski definition) is 1. The molecule has 0 amide bonds. The number of rotatable bonds is 3. The molecule has 0 spiro atoms. The summed E-state index contributed by atoms with van der Waals surface area (Å²) in [7, 11) is 0. The van der Waals surface area contributed by atoms with Gasteiger partial charge in [-0.1, -0.05) is 115 Å². The van der Waals surface area contributed by atoms with Crippen LogP contribution in [0.5, 0.6) is 0 Å². The van der Waals surface area contributed by atoms with Crippen LogP contribution in [0, 0.1) is 0 Å². The molecular weight excluding hydrogens is 527 g/mol. The Hall–Kier alpha value is -5.18. The van der Waals surface area contributed by atoms with Crippen LogP contribution in [-0.4, -0.2) is 4.57 Å². The standard InChI is InChI=1S/C40H25NS/c1-3-11-26(12-4-1)30-21-31(27-13-5-2-6-14-27)23-32(22-30)41-37-18-10-9-17-33(37)34-19-20-35-36-24-28-15-7-8-16-29(28)25-38(36)42-40(35)39(34)41/h1-25H. The van der Waals surface area contributed by atoms with Gasteiger partial charge in [-0.05, 0) is 69.4 Å². The lowest BCUT2D eigenvalue weighted by molar-refractivity contribution is 1.19. The number of benzene rings is 7. The summed E-state index contributed by atoms with van der Waals surface area (Å²) in [6, 6.07) is 55.4. The first-order valence-corrected chi connectivity index (χ1v) is 15.2. The van der Waals surface area contributed by atoms with Crippen LogP contribution in [0.1, 0.15) is 0 Å². The molecule has 1 nitrogen and oxygen atoms in total. The van der Waals surface area contributed by atoms with Gasteiger partial charge in [0.1, 0.15) is 0 Å². The Balaban J connectivity index is 1.42. The molecule has 196 valence electrons. The van der Waals surface area contributed by atoms with E-state index in [1.54, 1.807) is 0 Å². The third kappa shape index (κ3) is 3.56. The Morgan fingerprint density at radius 3 is 1.71 bits per heavy atom. The monoisotopic (exact) mass is 551 g/mol. The topological polar surface area (TPSA) is 4.93 Å². The predicted octanol–water partition coefficient (Wildman–Crippen LogP) is 11.6. The van der Waals surface area contributed by atoms with E-state index in [-0.39, 0.29) is 0 Å². The Morgan fingerprint density at radius 2 is 1.00 bits per heavy atom. The summed E-state index contributed by atoms with van der Waals surface area (Å²) in [5.74, 6) is 0. The molecular formula is C40H25NS. The fourth-order valence-electron chi connectivity index (χ4n) is 6.57. The molecule has 0 aliphatic carbocycles. The highest BCUT2D eigenvalue weighted by Gasteiger charge is 2.19. The largest absolute Gasteiger partial charge is 0.308 e. The van der Waals surface area contributed by atoms with Crippen LogP contribution < -0.4 is 0 Å². The number of hydrogen-bond donors (Lipinski definition) is 0. The molecule has 0 saturated carbocycles. The summed E-state index contributed by atoms with van der Waals surface area (Å²) in [4.78, 5) is 0. The van der Waals surface area contributed by atoms with Crippen molar-refractivity contribution in [1.82, 2.24) is 4.57 Å². The quantitative estimate of drug-likeness (QED) is 0.206. The average Bonchev–Trinajstić information content (AvgIpc) is 3.59. The first-order chi connectivity index (χ1) is 20.8. The van der Waals surface area contributed by atoms with E-state index in [0.29, 0.717) is 0 Å². The summed E-state index contributed by atoms with van der Waals surface area (Å²) in [6.45, 7) is 0. The summed E-state index contributed by atoms with van der Waals surface area (Å²) in [5.41, 5.74) is 8.55. The van der Waals surface area contributed by atoms with E-state index in [1.165, 1.54) is 80.7 Å². The molecule has 9 rings (SSSR count). The van der Waals surface area contributed by atoms with Crippen LogP contribution in [0.25, 0.3) is 80.7 Å². The van der Waals surface area contributed by atoms with Crippen LogP contribution in [0.2, 0.25) is 0 Å². The van der Waals surface area contributed by atoms with Crippen molar-refractivity contribution < 1.29 is 0 Å². The Morgan fingerprint density at radius 1 is 0.405 bits per heavy atom. The molecule has 0 radical (unpaired) electrons. The zero-order valence-corrected chi connectivity index (χ0v) is 23.6. The maximum Gasteiger partial charge on any atom is 0.0719 e. The summed E-state index contributed by atoms with van der Waals surface area (Å²) >= 11 is 1.91. The first-order valence-electron chi connectivity index (χ1n) is 14.4. The van der Waals surface area contributed by atoms with Crippen molar-refractivity contribution in [2.75, 3.05) is 0 Å². The van der Waals surface area contributed by atoms with Crippen LogP contribution in [-0.2, 0) is 0 Å². The maximum atomic E-state index is 2.50. The molecule has 7 aromatic carbocycles. The molecule has 2 aromatic heterocycles. The zero-order valence-electron chi connectivity index (χ0n) is 22.8. The number of para-hydroxylation sites is 1. The van der Waals surface area contributed by atoms with Crippen LogP contribution >= 0.6 is 11.3 Å². The molecule has 9 aromatic rings. The number of aromatic nitrogens is 1. The third-order valence-corrected chi connectivity index (χ3v) is 9.71. The molecule has 2 heteroatoms. The minimum atomic E-state index is 1.18. The lowest BCUT2D eigenvalue weighted by Gasteiger charge is -2.14. The van der Waals surface area contributed by atoms with E-state index in [0.717, 1.165) is 0 Å². The molecule has 0 unspecified atom stereocenters. The Kier molecular flexibility index (Phi) is 5.13. The molecule has 0 saturated heterocycles. The second-order valence-corrected chi connectivity index (χ2v) is 12.0. The lowest BCUT2D eigenvalue weighted by atomic mass is 9.98. The van der Waals surface area contributed by atoms with E-state index in [4.69, 9.17) is 0 Å². The van der Waals surface area contributed by atoms with Crippen molar-refractivity contribution >= 4 is 64.1 Å². The highest BCUT2D eigenvalue weighted by atomic mass is 32.1. The molecule has 0 atom stereocenters. The summed E-state index contributed by atoms with van der Waals surface area (Å²) < 4.78 is 5.16. The zero-order chi connectivity index (χ0) is 27.6. The van der Waals surface area contributed by atoms with E-state index in [2.05, 4.69) is 156 Å². The highest BCUT2D eigenvalue weighted by molar-refractivity contribution is 7.26. The van der Waals surface area contributed by atoms with Crippen LogP contribution in [0.3, 0.4) is 0 Å². The Labute approximate surface area is 247 Å². The van der Waals surface area contributed by atoms with Gasteiger partial charge in [0, 0.05) is 31.9 Å². The minimum absolute atomic E-state index is 1.18. The van der Waals surface area contributed by atoms with Crippen molar-refractivity contribution in [1.29, 1.82) is 0 Å². The minimum Gasteiger partial charge on any atom is -0.308 e. The number of nitrogens with zero attached hydrogens (tertiary/aromatic N) is 1. The lowest BCUT2D eigenvalue weighted by Crippen LogP contribution is -1.96. The maximum absolute atomic E-state index is 2.50. The van der Waals surface area contributed by atoms with E-state index in [9.17, 15) is 0 Å². The van der Waals surface area contributed by atoms with E-state index < -0.39 is 0 Å². The van der Waals surface area contributed by atoms with Crippen molar-refractivity contribution in [2.24, 2.45) is 0 Å². The SMILES string of the molecule is c1ccc(-c2cc(-c3ccccc3)cc(-n3c4ccccc4c4ccc5c6cc7ccccc7cc6sc5c43)c2)cc1. The number of fused-ring (bicyclic) bond motifs is 8. The van der Waals surface area contributed by atoms with Gasteiger partial charge in [-0.25, -0.2) is 0 Å². The van der Waals surface area contributed by atoms with Gasteiger partial charge in [0.25, 0.3) is 0 Å². The summed E-state index contributed by atoms with van der Waals surface area (Å²) in [5, 5.41) is 7.80. The second-order valence-electron chi connectivity index (χ2n) is 11.0. The van der Waals surface area contributed by atoms with Crippen LogP contribution in [0.15, 0.2) is 152 Å². The van der Waals surface area contributed by atoms with Crippen molar-refractivity contribution in [3.05, 3.63) is 152 Å². The Bertz CT molecular complexity index is 2390. The van der Waals surface area contributed by atoms with Gasteiger partial charge in [0.05, 0.1) is 15.7 Å². The number of thiophene rings is 1. The smallest absolute Gasteiger partial charge is 0.0719 e. The second kappa shape index (κ2) is 9.17. The van der Waals surface area contributed by atoms with E-state index in [1.807, 2.05) is 11.3 Å². The van der Waals surface area contributed by atoms with Gasteiger partial charge in [-0.15, -0.1) is 11.3 Å². The van der Waals surface area contributed by atoms with Gasteiger partial charge >= 0.3 is 0 Å². The van der Waals surface area contributed by atoms with Crippen molar-refractivity contribution in [3.63, 3.8) is 0 Å². The normalized spacial score (nSPS) is 11.8. The van der Waals surface area contributed by atoms with Crippen molar-refractivity contribution in [3.8, 4) is 27.9 Å². The average molecular weight is 552 g/mol. The van der Waals surface area contributed by atoms with Crippen LogP contribution in [0.4, 0.5) is 0 Å². The molecule has 0 bridgehead atoms. The van der Waals surface area contributed by atoms with Crippen molar-refractivity contribution in [2.45, 2.75) is 0 Å². The first kappa shape index (κ1) is 23.5. The summed E-state index contributed by atoms with van der Waals surface area (Å²) in [6.07, 6.45) is 0. The molecule has 0 aliphatic rings. The fourth-order valence-corrected chi connectivity index (χ4v) is 7.84. The molecule has 2 heterocycles. The van der Waals surface area contributed by atoms with E-state index >= 15 is 0 Å².